The van der Waals surface area contributed by atoms with E-state index in [1.165, 1.54) is 12.1 Å². The summed E-state index contributed by atoms with van der Waals surface area (Å²) in [5.41, 5.74) is -2.58. The normalized spacial score (nSPS) is 24.9. The van der Waals surface area contributed by atoms with Gasteiger partial charge in [-0.05, 0) is 74.3 Å². The van der Waals surface area contributed by atoms with Crippen LogP contribution in [-0.2, 0) is 12.4 Å². The van der Waals surface area contributed by atoms with Crippen LogP contribution in [0.3, 0.4) is 0 Å². The highest BCUT2D eigenvalue weighted by Gasteiger charge is 2.48. The highest BCUT2D eigenvalue weighted by molar-refractivity contribution is 5.46. The lowest BCUT2D eigenvalue weighted by atomic mass is 9.94. The Morgan fingerprint density at radius 3 is 2.38 bits per heavy atom. The van der Waals surface area contributed by atoms with E-state index in [0.29, 0.717) is 44.3 Å². The third-order valence-electron chi connectivity index (χ3n) is 6.66. The Labute approximate surface area is 192 Å². The number of anilines is 1. The zero-order valence-electron chi connectivity index (χ0n) is 18.1. The van der Waals surface area contributed by atoms with Crippen LogP contribution in [0, 0.1) is 11.8 Å². The number of rotatable bonds is 6. The van der Waals surface area contributed by atoms with Gasteiger partial charge in [0.15, 0.2) is 23.0 Å². The molecule has 1 aromatic heterocycles. The first-order valence-corrected chi connectivity index (χ1v) is 11.2. The molecular formula is C23H23F6N3O2. The zero-order chi connectivity index (χ0) is 24.1. The molecule has 3 fully saturated rings. The molecule has 2 unspecified atom stereocenters. The second-order valence-corrected chi connectivity index (χ2v) is 9.46. The number of aromatic nitrogens is 2. The fourth-order valence-corrected chi connectivity index (χ4v) is 4.77. The molecule has 0 amide bonds. The fraction of sp³-hybridized carbons (Fsp3) is 0.565. The molecule has 5 rings (SSSR count). The number of piperidine rings is 1. The SMILES string of the molecule is FC(F)(F)c1ccc(OC23CCC(CN(c4ccc(C(F)(F)F)nn4)C2)C3)c(OCC2CC2)c1. The smallest absolute Gasteiger partial charge is 0.435 e. The maximum Gasteiger partial charge on any atom is 0.435 e. The van der Waals surface area contributed by atoms with Gasteiger partial charge in [-0.3, -0.25) is 0 Å². The molecule has 1 saturated heterocycles. The molecule has 2 aliphatic carbocycles. The van der Waals surface area contributed by atoms with Crippen molar-refractivity contribution in [2.24, 2.45) is 11.8 Å². The molecule has 5 nitrogen and oxygen atoms in total. The van der Waals surface area contributed by atoms with Gasteiger partial charge in [0.1, 0.15) is 5.60 Å². The Morgan fingerprint density at radius 2 is 1.74 bits per heavy atom. The minimum Gasteiger partial charge on any atom is -0.489 e. The number of benzene rings is 1. The third-order valence-corrected chi connectivity index (χ3v) is 6.66. The highest BCUT2D eigenvalue weighted by atomic mass is 19.4. The van der Waals surface area contributed by atoms with E-state index in [1.54, 1.807) is 0 Å². The maximum absolute atomic E-state index is 13.3. The van der Waals surface area contributed by atoms with Crippen molar-refractivity contribution in [3.8, 4) is 11.5 Å². The van der Waals surface area contributed by atoms with Crippen molar-refractivity contribution in [3.63, 3.8) is 0 Å². The predicted octanol–water partition coefficient (Wildman–Crippen LogP) is 5.74. The zero-order valence-corrected chi connectivity index (χ0v) is 18.1. The summed E-state index contributed by atoms with van der Waals surface area (Å²) in [5.74, 6) is 1.19. The van der Waals surface area contributed by atoms with Gasteiger partial charge in [0.25, 0.3) is 0 Å². The summed E-state index contributed by atoms with van der Waals surface area (Å²) in [4.78, 5) is 1.84. The van der Waals surface area contributed by atoms with E-state index in [-0.39, 0.29) is 17.4 Å². The molecule has 3 aliphatic rings. The summed E-state index contributed by atoms with van der Waals surface area (Å²) in [6.45, 7) is 1.27. The first kappa shape index (κ1) is 23.0. The first-order valence-electron chi connectivity index (χ1n) is 11.2. The summed E-state index contributed by atoms with van der Waals surface area (Å²) < 4.78 is 90.4. The molecule has 184 valence electrons. The molecule has 2 heterocycles. The minimum atomic E-state index is -4.57. The van der Waals surface area contributed by atoms with E-state index in [4.69, 9.17) is 9.47 Å². The van der Waals surface area contributed by atoms with E-state index >= 15 is 0 Å². The monoisotopic (exact) mass is 487 g/mol. The number of alkyl halides is 6. The second kappa shape index (κ2) is 8.20. The number of ether oxygens (including phenoxy) is 2. The van der Waals surface area contributed by atoms with Gasteiger partial charge in [-0.15, -0.1) is 10.2 Å². The molecule has 0 radical (unpaired) electrons. The van der Waals surface area contributed by atoms with E-state index in [0.717, 1.165) is 37.5 Å². The summed E-state index contributed by atoms with van der Waals surface area (Å²) in [7, 11) is 0. The van der Waals surface area contributed by atoms with E-state index in [1.807, 2.05) is 4.90 Å². The lowest BCUT2D eigenvalue weighted by Crippen LogP contribution is -2.51. The Hall–Kier alpha value is -2.72. The molecule has 34 heavy (non-hydrogen) atoms. The number of halogens is 6. The average Bonchev–Trinajstić information content (AvgIpc) is 3.55. The Morgan fingerprint density at radius 1 is 0.941 bits per heavy atom. The fourth-order valence-electron chi connectivity index (χ4n) is 4.77. The van der Waals surface area contributed by atoms with Crippen LogP contribution in [-0.4, -0.2) is 35.5 Å². The summed E-state index contributed by atoms with van der Waals surface area (Å²) in [6, 6.07) is 5.43. The molecule has 0 spiro atoms. The van der Waals surface area contributed by atoms with Crippen molar-refractivity contribution in [3.05, 3.63) is 41.6 Å². The molecule has 1 aromatic carbocycles. The molecule has 2 atom stereocenters. The standard InChI is InChI=1S/C23H23F6N3O2/c24-22(25,26)16-3-4-17(18(9-16)33-12-14-1-2-14)34-21-8-7-15(10-21)11-32(13-21)20-6-5-19(30-31-20)23(27,28)29/h3-6,9,14-15H,1-2,7-8,10-13H2. The summed E-state index contributed by atoms with van der Waals surface area (Å²) in [6.07, 6.45) is -4.89. The van der Waals surface area contributed by atoms with Gasteiger partial charge in [0.2, 0.25) is 0 Å². The molecule has 1 aliphatic heterocycles. The van der Waals surface area contributed by atoms with Crippen LogP contribution in [0.5, 0.6) is 11.5 Å². The lowest BCUT2D eigenvalue weighted by Gasteiger charge is -2.41. The van der Waals surface area contributed by atoms with Gasteiger partial charge in [0.05, 0.1) is 18.7 Å². The number of hydrogen-bond acceptors (Lipinski definition) is 5. The Kier molecular flexibility index (Phi) is 5.55. The van der Waals surface area contributed by atoms with Crippen LogP contribution in [0.2, 0.25) is 0 Å². The van der Waals surface area contributed by atoms with Gasteiger partial charge in [-0.2, -0.15) is 26.3 Å². The van der Waals surface area contributed by atoms with Gasteiger partial charge < -0.3 is 14.4 Å². The molecule has 2 bridgehead atoms. The summed E-state index contributed by atoms with van der Waals surface area (Å²) in [5, 5.41) is 7.08. The highest BCUT2D eigenvalue weighted by Crippen LogP contribution is 2.46. The van der Waals surface area contributed by atoms with Crippen LogP contribution in [0.15, 0.2) is 30.3 Å². The van der Waals surface area contributed by atoms with Crippen molar-refractivity contribution in [1.29, 1.82) is 0 Å². The van der Waals surface area contributed by atoms with Crippen LogP contribution < -0.4 is 14.4 Å². The van der Waals surface area contributed by atoms with E-state index < -0.39 is 29.2 Å². The van der Waals surface area contributed by atoms with Crippen LogP contribution in [0.1, 0.15) is 43.4 Å². The van der Waals surface area contributed by atoms with Crippen molar-refractivity contribution in [2.45, 2.75) is 50.1 Å². The van der Waals surface area contributed by atoms with Gasteiger partial charge in [-0.25, -0.2) is 0 Å². The van der Waals surface area contributed by atoms with Gasteiger partial charge >= 0.3 is 12.4 Å². The average molecular weight is 487 g/mol. The van der Waals surface area contributed by atoms with E-state index in [9.17, 15) is 26.3 Å². The summed E-state index contributed by atoms with van der Waals surface area (Å²) >= 11 is 0. The molecule has 2 aromatic rings. The predicted molar refractivity (Wildman–Crippen MR) is 110 cm³/mol. The Balaban J connectivity index is 1.38. The maximum atomic E-state index is 13.3. The largest absolute Gasteiger partial charge is 0.489 e. The van der Waals surface area contributed by atoms with Crippen LogP contribution in [0.4, 0.5) is 32.2 Å². The topological polar surface area (TPSA) is 47.5 Å². The molecular weight excluding hydrogens is 464 g/mol. The van der Waals surface area contributed by atoms with Crippen LogP contribution in [0.25, 0.3) is 0 Å². The van der Waals surface area contributed by atoms with Crippen molar-refractivity contribution in [1.82, 2.24) is 10.2 Å². The first-order chi connectivity index (χ1) is 16.0. The van der Waals surface area contributed by atoms with Gasteiger partial charge in [-0.1, -0.05) is 0 Å². The Bertz CT molecular complexity index is 1040. The van der Waals surface area contributed by atoms with Crippen molar-refractivity contribution < 1.29 is 35.8 Å². The third kappa shape index (κ3) is 4.88. The number of nitrogens with zero attached hydrogens (tertiary/aromatic N) is 3. The minimum absolute atomic E-state index is 0.0611. The molecule has 11 heteroatoms. The number of hydrogen-bond donors (Lipinski definition) is 0. The second-order valence-electron chi connectivity index (χ2n) is 9.46. The van der Waals surface area contributed by atoms with Crippen molar-refractivity contribution >= 4 is 5.82 Å². The molecule has 2 saturated carbocycles. The number of fused-ring (bicyclic) bond motifs is 2. The molecule has 0 N–H and O–H groups in total. The van der Waals surface area contributed by atoms with Crippen LogP contribution >= 0.6 is 0 Å². The van der Waals surface area contributed by atoms with Crippen molar-refractivity contribution in [2.75, 3.05) is 24.6 Å². The van der Waals surface area contributed by atoms with Gasteiger partial charge in [0, 0.05) is 6.54 Å². The lowest BCUT2D eigenvalue weighted by molar-refractivity contribution is -0.141. The van der Waals surface area contributed by atoms with E-state index in [2.05, 4.69) is 10.2 Å². The quantitative estimate of drug-likeness (QED) is 0.487.